The van der Waals surface area contributed by atoms with E-state index < -0.39 is 0 Å². The minimum atomic E-state index is -0.386. The Labute approximate surface area is 74.4 Å². The Morgan fingerprint density at radius 3 is 3.31 bits per heavy atom. The third-order valence-corrected chi connectivity index (χ3v) is 2.04. The van der Waals surface area contributed by atoms with Gasteiger partial charge in [0.2, 0.25) is 0 Å². The van der Waals surface area contributed by atoms with Crippen LogP contribution in [0.15, 0.2) is 0 Å². The zero-order valence-electron chi connectivity index (χ0n) is 6.96. The molecule has 0 unspecified atom stereocenters. The van der Waals surface area contributed by atoms with Crippen molar-refractivity contribution in [3.8, 4) is 0 Å². The highest BCUT2D eigenvalue weighted by molar-refractivity contribution is 5.93. The van der Waals surface area contributed by atoms with Gasteiger partial charge in [-0.15, -0.1) is 0 Å². The monoisotopic (exact) mass is 182 g/mol. The highest BCUT2D eigenvalue weighted by Crippen LogP contribution is 2.17. The highest BCUT2D eigenvalue weighted by atomic mass is 16.5. The van der Waals surface area contributed by atoms with Crippen LogP contribution in [0.5, 0.6) is 0 Å². The number of hydrogen-bond acceptors (Lipinski definition) is 4. The van der Waals surface area contributed by atoms with E-state index >= 15 is 0 Å². The minimum Gasteiger partial charge on any atom is -0.376 e. The largest absolute Gasteiger partial charge is 0.376 e. The molecule has 13 heavy (non-hydrogen) atoms. The first-order chi connectivity index (χ1) is 6.33. The number of hydrazine groups is 1. The Morgan fingerprint density at radius 1 is 1.69 bits per heavy atom. The van der Waals surface area contributed by atoms with Crippen molar-refractivity contribution in [3.63, 3.8) is 0 Å². The number of amides is 1. The summed E-state index contributed by atoms with van der Waals surface area (Å²) >= 11 is 0. The number of fused-ring (bicyclic) bond motifs is 1. The van der Waals surface area contributed by atoms with Crippen LogP contribution in [0.4, 0.5) is 0 Å². The van der Waals surface area contributed by atoms with Crippen LogP contribution in [0, 0.1) is 0 Å². The van der Waals surface area contributed by atoms with Gasteiger partial charge in [0.25, 0.3) is 5.91 Å². The molecule has 1 aromatic heterocycles. The van der Waals surface area contributed by atoms with E-state index in [0.29, 0.717) is 18.9 Å². The van der Waals surface area contributed by atoms with Crippen LogP contribution >= 0.6 is 0 Å². The molecule has 0 bridgehead atoms. The smallest absolute Gasteiger partial charge is 0.286 e. The molecule has 6 nitrogen and oxygen atoms in total. The van der Waals surface area contributed by atoms with Gasteiger partial charge in [0.1, 0.15) is 0 Å². The number of aromatic amines is 1. The number of ether oxygens (including phenoxy) is 1. The number of rotatable bonds is 1. The van der Waals surface area contributed by atoms with Gasteiger partial charge in [0, 0.05) is 17.7 Å². The lowest BCUT2D eigenvalue weighted by molar-refractivity contribution is 0.0925. The summed E-state index contributed by atoms with van der Waals surface area (Å²) < 4.78 is 5.21. The third-order valence-electron chi connectivity index (χ3n) is 2.04. The molecule has 1 aliphatic heterocycles. The van der Waals surface area contributed by atoms with E-state index in [1.807, 2.05) is 5.43 Å². The highest BCUT2D eigenvalue weighted by Gasteiger charge is 2.21. The Hall–Kier alpha value is -1.40. The SMILES string of the molecule is NNC(=O)c1n[nH]c2c1COCC2. The van der Waals surface area contributed by atoms with Crippen molar-refractivity contribution < 1.29 is 9.53 Å². The lowest BCUT2D eigenvalue weighted by atomic mass is 10.1. The zero-order chi connectivity index (χ0) is 9.26. The molecule has 2 rings (SSSR count). The molecule has 4 N–H and O–H groups in total. The molecule has 1 aliphatic rings. The topological polar surface area (TPSA) is 93.0 Å². The number of carbonyl (C=O) groups excluding carboxylic acids is 1. The summed E-state index contributed by atoms with van der Waals surface area (Å²) in [7, 11) is 0. The molecule has 0 aliphatic carbocycles. The van der Waals surface area contributed by atoms with Gasteiger partial charge in [-0.25, -0.2) is 5.84 Å². The molecule has 0 saturated carbocycles. The van der Waals surface area contributed by atoms with Crippen molar-refractivity contribution in [2.24, 2.45) is 5.84 Å². The molecule has 70 valence electrons. The number of nitrogens with one attached hydrogen (secondary N) is 2. The standard InChI is InChI=1S/C7H10N4O2/c8-9-7(12)6-4-3-13-2-1-5(4)10-11-6/h1-3,8H2,(H,9,12)(H,10,11). The van der Waals surface area contributed by atoms with Gasteiger partial charge >= 0.3 is 0 Å². The first-order valence-electron chi connectivity index (χ1n) is 3.97. The molecule has 0 saturated heterocycles. The molecular weight excluding hydrogens is 172 g/mol. The van der Waals surface area contributed by atoms with Crippen molar-refractivity contribution in [2.45, 2.75) is 13.0 Å². The van der Waals surface area contributed by atoms with Crippen LogP contribution in [-0.2, 0) is 17.8 Å². The fourth-order valence-electron chi connectivity index (χ4n) is 1.37. The number of hydrogen-bond donors (Lipinski definition) is 3. The van der Waals surface area contributed by atoms with Crippen LogP contribution in [0.3, 0.4) is 0 Å². The third kappa shape index (κ3) is 1.30. The van der Waals surface area contributed by atoms with E-state index in [1.54, 1.807) is 0 Å². The Morgan fingerprint density at radius 2 is 2.54 bits per heavy atom. The quantitative estimate of drug-likeness (QED) is 0.297. The lowest BCUT2D eigenvalue weighted by Gasteiger charge is -2.11. The van der Waals surface area contributed by atoms with E-state index in [4.69, 9.17) is 10.6 Å². The average Bonchev–Trinajstić information content (AvgIpc) is 2.60. The number of carbonyl (C=O) groups is 1. The lowest BCUT2D eigenvalue weighted by Crippen LogP contribution is -2.31. The summed E-state index contributed by atoms with van der Waals surface area (Å²) in [6.07, 6.45) is 0.764. The van der Waals surface area contributed by atoms with E-state index in [-0.39, 0.29) is 5.91 Å². The number of nitrogen functional groups attached to an aromatic ring is 1. The summed E-state index contributed by atoms with van der Waals surface area (Å²) in [5, 5.41) is 6.67. The maximum atomic E-state index is 11.2. The summed E-state index contributed by atoms with van der Waals surface area (Å²) in [6, 6.07) is 0. The van der Waals surface area contributed by atoms with E-state index in [9.17, 15) is 4.79 Å². The summed E-state index contributed by atoms with van der Waals surface area (Å²) in [5.74, 6) is 4.62. The number of aromatic nitrogens is 2. The maximum absolute atomic E-state index is 11.2. The molecule has 1 aromatic rings. The van der Waals surface area contributed by atoms with Crippen LogP contribution in [-0.4, -0.2) is 22.7 Å². The predicted molar refractivity (Wildman–Crippen MR) is 43.6 cm³/mol. The van der Waals surface area contributed by atoms with Crippen LogP contribution in [0.1, 0.15) is 21.7 Å². The average molecular weight is 182 g/mol. The van der Waals surface area contributed by atoms with Gasteiger partial charge in [0.05, 0.1) is 13.2 Å². The molecule has 1 amide bonds. The molecular formula is C7H10N4O2. The Balaban J connectivity index is 2.36. The summed E-state index contributed by atoms with van der Waals surface area (Å²) in [4.78, 5) is 11.2. The molecule has 6 heteroatoms. The van der Waals surface area contributed by atoms with Crippen LogP contribution in [0.2, 0.25) is 0 Å². The number of H-pyrrole nitrogens is 1. The van der Waals surface area contributed by atoms with Crippen molar-refractivity contribution in [1.82, 2.24) is 15.6 Å². The zero-order valence-corrected chi connectivity index (χ0v) is 6.96. The van der Waals surface area contributed by atoms with Gasteiger partial charge in [-0.05, 0) is 0 Å². The molecule has 0 fully saturated rings. The molecule has 2 heterocycles. The van der Waals surface area contributed by atoms with Crippen molar-refractivity contribution >= 4 is 5.91 Å². The maximum Gasteiger partial charge on any atom is 0.286 e. The Kier molecular flexibility index (Phi) is 1.99. The van der Waals surface area contributed by atoms with Gasteiger partial charge in [-0.3, -0.25) is 15.3 Å². The van der Waals surface area contributed by atoms with Crippen LogP contribution < -0.4 is 11.3 Å². The fourth-order valence-corrected chi connectivity index (χ4v) is 1.37. The first-order valence-corrected chi connectivity index (χ1v) is 3.97. The van der Waals surface area contributed by atoms with Gasteiger partial charge in [0.15, 0.2) is 5.69 Å². The van der Waals surface area contributed by atoms with Crippen LogP contribution in [0.25, 0.3) is 0 Å². The van der Waals surface area contributed by atoms with E-state index in [0.717, 1.165) is 17.7 Å². The molecule has 0 spiro atoms. The normalized spacial score (nSPS) is 15.2. The van der Waals surface area contributed by atoms with Crippen molar-refractivity contribution in [3.05, 3.63) is 17.0 Å². The second kappa shape index (κ2) is 3.15. The molecule has 0 radical (unpaired) electrons. The first kappa shape index (κ1) is 8.21. The fraction of sp³-hybridized carbons (Fsp3) is 0.429. The second-order valence-corrected chi connectivity index (χ2v) is 2.81. The van der Waals surface area contributed by atoms with Gasteiger partial charge in [-0.2, -0.15) is 5.10 Å². The second-order valence-electron chi connectivity index (χ2n) is 2.81. The number of nitrogens with two attached hydrogens (primary N) is 1. The van der Waals surface area contributed by atoms with E-state index in [2.05, 4.69) is 10.2 Å². The van der Waals surface area contributed by atoms with Crippen molar-refractivity contribution in [2.75, 3.05) is 6.61 Å². The predicted octanol–water partition coefficient (Wildman–Crippen LogP) is -0.914. The summed E-state index contributed by atoms with van der Waals surface area (Å²) in [6.45, 7) is 1.09. The van der Waals surface area contributed by atoms with Crippen molar-refractivity contribution in [1.29, 1.82) is 0 Å². The molecule has 0 aromatic carbocycles. The van der Waals surface area contributed by atoms with Gasteiger partial charge in [-0.1, -0.05) is 0 Å². The van der Waals surface area contributed by atoms with Gasteiger partial charge < -0.3 is 4.74 Å². The summed E-state index contributed by atoms with van der Waals surface area (Å²) in [5.41, 5.74) is 4.15. The van der Waals surface area contributed by atoms with E-state index in [1.165, 1.54) is 0 Å². The number of nitrogens with zero attached hydrogens (tertiary/aromatic N) is 1. The Bertz CT molecular complexity index is 333. The molecule has 0 atom stereocenters. The minimum absolute atomic E-state index is 0.331.